The fraction of sp³-hybridized carbons (Fsp3) is 0. The lowest BCUT2D eigenvalue weighted by molar-refractivity contribution is 1.72. The van der Waals surface area contributed by atoms with Crippen molar-refractivity contribution in [2.45, 2.75) is 0 Å². The Morgan fingerprint density at radius 2 is 2.43 bits per heavy atom. The fourth-order valence-corrected chi connectivity index (χ4v) is 0.493. The van der Waals surface area contributed by atoms with Crippen LogP contribution in [0.3, 0.4) is 0 Å². The molecule has 34 valence electrons. The van der Waals surface area contributed by atoms with Crippen LogP contribution in [0.15, 0.2) is 29.3 Å². The van der Waals surface area contributed by atoms with E-state index >= 15 is 0 Å². The Morgan fingerprint density at radius 3 is 2.71 bits per heavy atom. The third-order valence-electron chi connectivity index (χ3n) is 0.678. The Kier molecular flexibility index (Phi) is 1.26. The topological polar surface area (TPSA) is 0 Å². The largest absolute Gasteiger partial charge is 0.151 e. The SMILES string of the molecule is ClC1=CC=[C+]C=C1. The predicted molar refractivity (Wildman–Crippen MR) is 30.9 cm³/mol. The molecule has 0 aromatic carbocycles. The zero-order chi connectivity index (χ0) is 5.11. The molecule has 0 aromatic heterocycles. The smallest absolute Gasteiger partial charge is 0.0525 e. The van der Waals surface area contributed by atoms with Crippen LogP contribution in [0.5, 0.6) is 0 Å². The molecule has 0 saturated carbocycles. The zero-order valence-corrected chi connectivity index (χ0v) is 4.44. The summed E-state index contributed by atoms with van der Waals surface area (Å²) in [5.41, 5.74) is 0. The van der Waals surface area contributed by atoms with Crippen molar-refractivity contribution in [1.29, 1.82) is 0 Å². The molecule has 1 aliphatic rings. The third-order valence-corrected chi connectivity index (χ3v) is 0.930. The molecule has 0 saturated heterocycles. The number of hydrogen-bond donors (Lipinski definition) is 0. The van der Waals surface area contributed by atoms with Crippen molar-refractivity contribution in [1.82, 2.24) is 0 Å². The van der Waals surface area contributed by atoms with Gasteiger partial charge in [-0.3, -0.25) is 0 Å². The lowest BCUT2D eigenvalue weighted by atomic mass is 10.3. The Bertz CT molecular complexity index is 140. The van der Waals surface area contributed by atoms with Crippen LogP contribution >= 0.6 is 11.6 Å². The van der Waals surface area contributed by atoms with Crippen molar-refractivity contribution in [2.75, 3.05) is 0 Å². The quantitative estimate of drug-likeness (QED) is 0.420. The standard InChI is InChI=1S/C6H4Cl/c7-6-4-2-1-3-5-6/h2-5H/q+1. The summed E-state index contributed by atoms with van der Waals surface area (Å²) in [5, 5.41) is 0.763. The van der Waals surface area contributed by atoms with Crippen LogP contribution in [0.2, 0.25) is 0 Å². The van der Waals surface area contributed by atoms with Gasteiger partial charge in [0.1, 0.15) is 12.2 Å². The van der Waals surface area contributed by atoms with Crippen LogP contribution in [0.25, 0.3) is 0 Å². The Balaban J connectivity index is 2.82. The van der Waals surface area contributed by atoms with Crippen molar-refractivity contribution in [2.24, 2.45) is 0 Å². The Hall–Kier alpha value is -0.580. The summed E-state index contributed by atoms with van der Waals surface area (Å²) in [6, 6.07) is 0. The maximum absolute atomic E-state index is 5.52. The molecule has 7 heavy (non-hydrogen) atoms. The molecule has 0 fully saturated rings. The van der Waals surface area contributed by atoms with Gasteiger partial charge >= 0.3 is 0 Å². The second-order valence-electron chi connectivity index (χ2n) is 1.22. The van der Waals surface area contributed by atoms with Crippen LogP contribution in [-0.2, 0) is 0 Å². The highest BCUT2D eigenvalue weighted by Gasteiger charge is 1.92. The van der Waals surface area contributed by atoms with Gasteiger partial charge in [-0.1, -0.05) is 11.6 Å². The van der Waals surface area contributed by atoms with Crippen LogP contribution in [0, 0.1) is 6.08 Å². The Labute approximate surface area is 47.8 Å². The van der Waals surface area contributed by atoms with E-state index in [-0.39, 0.29) is 0 Å². The van der Waals surface area contributed by atoms with E-state index in [0.29, 0.717) is 0 Å². The van der Waals surface area contributed by atoms with E-state index < -0.39 is 0 Å². The van der Waals surface area contributed by atoms with Gasteiger partial charge in [0.05, 0.1) is 12.2 Å². The van der Waals surface area contributed by atoms with Crippen molar-refractivity contribution in [3.8, 4) is 0 Å². The average molecular weight is 112 g/mol. The van der Waals surface area contributed by atoms with Crippen LogP contribution in [0.1, 0.15) is 0 Å². The van der Waals surface area contributed by atoms with Crippen LogP contribution < -0.4 is 0 Å². The molecule has 0 aliphatic heterocycles. The molecule has 0 spiro atoms. The molecule has 1 heteroatoms. The molecule has 0 bridgehead atoms. The first kappa shape index (κ1) is 4.58. The van der Waals surface area contributed by atoms with Gasteiger partial charge in [0, 0.05) is 6.08 Å². The van der Waals surface area contributed by atoms with Gasteiger partial charge in [0.15, 0.2) is 5.03 Å². The molecule has 0 atom stereocenters. The van der Waals surface area contributed by atoms with E-state index in [1.165, 1.54) is 0 Å². The van der Waals surface area contributed by atoms with Crippen molar-refractivity contribution in [3.05, 3.63) is 35.4 Å². The van der Waals surface area contributed by atoms with Crippen LogP contribution in [0.4, 0.5) is 0 Å². The number of halogens is 1. The van der Waals surface area contributed by atoms with Gasteiger partial charge in [0.2, 0.25) is 0 Å². The number of allylic oxidation sites excluding steroid dienone is 6. The highest BCUT2D eigenvalue weighted by atomic mass is 35.5. The van der Waals surface area contributed by atoms with Gasteiger partial charge in [-0.2, -0.15) is 0 Å². The van der Waals surface area contributed by atoms with Gasteiger partial charge in [0.25, 0.3) is 0 Å². The number of rotatable bonds is 0. The zero-order valence-electron chi connectivity index (χ0n) is 3.69. The summed E-state index contributed by atoms with van der Waals surface area (Å²) in [7, 11) is 0. The molecular formula is C6H4Cl+. The first-order valence-corrected chi connectivity index (χ1v) is 2.39. The first-order chi connectivity index (χ1) is 3.39. The van der Waals surface area contributed by atoms with Gasteiger partial charge in [-0.15, -0.1) is 0 Å². The minimum absolute atomic E-state index is 0.763. The molecule has 0 aromatic rings. The van der Waals surface area contributed by atoms with Gasteiger partial charge in [-0.05, 0) is 0 Å². The monoisotopic (exact) mass is 111 g/mol. The molecular weight excluding hydrogens is 108 g/mol. The molecule has 1 rings (SSSR count). The minimum atomic E-state index is 0.763. The summed E-state index contributed by atoms with van der Waals surface area (Å²) in [6.45, 7) is 0. The summed E-state index contributed by atoms with van der Waals surface area (Å²) in [4.78, 5) is 0. The summed E-state index contributed by atoms with van der Waals surface area (Å²) in [5.74, 6) is 0. The molecule has 1 aliphatic carbocycles. The third kappa shape index (κ3) is 1.15. The van der Waals surface area contributed by atoms with Crippen molar-refractivity contribution >= 4 is 11.6 Å². The normalized spacial score (nSPS) is 15.9. The molecule has 0 unspecified atom stereocenters. The molecule has 0 nitrogen and oxygen atoms in total. The first-order valence-electron chi connectivity index (χ1n) is 2.01. The van der Waals surface area contributed by atoms with Crippen LogP contribution in [-0.4, -0.2) is 0 Å². The summed E-state index contributed by atoms with van der Waals surface area (Å²) < 4.78 is 0. The lowest BCUT2D eigenvalue weighted by Gasteiger charge is -1.75. The molecule has 0 amide bonds. The molecule has 0 N–H and O–H groups in total. The van der Waals surface area contributed by atoms with Gasteiger partial charge < -0.3 is 0 Å². The molecule has 0 radical (unpaired) electrons. The van der Waals surface area contributed by atoms with E-state index in [0.717, 1.165) is 5.03 Å². The maximum atomic E-state index is 5.52. The lowest BCUT2D eigenvalue weighted by Crippen LogP contribution is -1.65. The predicted octanol–water partition coefficient (Wildman–Crippen LogP) is 2.04. The summed E-state index contributed by atoms with van der Waals surface area (Å²) in [6.07, 6.45) is 10.00. The van der Waals surface area contributed by atoms with E-state index in [1.54, 1.807) is 24.3 Å². The van der Waals surface area contributed by atoms with E-state index in [4.69, 9.17) is 11.6 Å². The maximum Gasteiger partial charge on any atom is 0.151 e. The van der Waals surface area contributed by atoms with E-state index in [1.807, 2.05) is 0 Å². The highest BCUT2D eigenvalue weighted by Crippen LogP contribution is 2.05. The van der Waals surface area contributed by atoms with E-state index in [9.17, 15) is 0 Å². The highest BCUT2D eigenvalue weighted by molar-refractivity contribution is 6.31. The van der Waals surface area contributed by atoms with E-state index in [2.05, 4.69) is 6.08 Å². The Morgan fingerprint density at radius 1 is 1.57 bits per heavy atom. The average Bonchev–Trinajstić information content (AvgIpc) is 1.69. The second-order valence-corrected chi connectivity index (χ2v) is 1.65. The van der Waals surface area contributed by atoms with Crippen molar-refractivity contribution < 1.29 is 0 Å². The number of hydrogen-bond acceptors (Lipinski definition) is 0. The molecule has 0 heterocycles. The van der Waals surface area contributed by atoms with Crippen molar-refractivity contribution in [3.63, 3.8) is 0 Å². The minimum Gasteiger partial charge on any atom is -0.0525 e. The summed E-state index contributed by atoms with van der Waals surface area (Å²) >= 11 is 5.52. The van der Waals surface area contributed by atoms with Gasteiger partial charge in [-0.25, -0.2) is 0 Å². The second kappa shape index (κ2) is 1.92. The fourth-order valence-electron chi connectivity index (χ4n) is 0.367.